The van der Waals surface area contributed by atoms with Gasteiger partial charge in [0.25, 0.3) is 0 Å². The van der Waals surface area contributed by atoms with Crippen LogP contribution in [0.5, 0.6) is 5.75 Å². The van der Waals surface area contributed by atoms with Crippen molar-refractivity contribution in [3.63, 3.8) is 0 Å². The van der Waals surface area contributed by atoms with Gasteiger partial charge in [0, 0.05) is 13.1 Å². The van der Waals surface area contributed by atoms with E-state index in [0.29, 0.717) is 30.3 Å². The fourth-order valence-corrected chi connectivity index (χ4v) is 3.44. The minimum atomic E-state index is -3.38. The van der Waals surface area contributed by atoms with Crippen LogP contribution in [0.1, 0.15) is 27.2 Å². The lowest BCUT2D eigenvalue weighted by atomic mass is 10.3. The second-order valence-corrected chi connectivity index (χ2v) is 6.55. The number of hydrogen-bond donors (Lipinski definition) is 1. The second kappa shape index (κ2) is 9.02. The highest BCUT2D eigenvalue weighted by Crippen LogP contribution is 2.19. The Balaban J connectivity index is 2.61. The van der Waals surface area contributed by atoms with Crippen LogP contribution in [0.4, 0.5) is 0 Å². The molecule has 0 spiro atoms. The maximum absolute atomic E-state index is 12.3. The lowest BCUT2D eigenvalue weighted by molar-refractivity contribution is 0.308. The lowest BCUT2D eigenvalue weighted by Crippen LogP contribution is -2.30. The van der Waals surface area contributed by atoms with E-state index in [-0.39, 0.29) is 0 Å². The van der Waals surface area contributed by atoms with Crippen molar-refractivity contribution in [3.8, 4) is 5.75 Å². The zero-order chi connectivity index (χ0) is 15.7. The van der Waals surface area contributed by atoms with E-state index in [1.165, 1.54) is 4.31 Å². The summed E-state index contributed by atoms with van der Waals surface area (Å²) in [7, 11) is -3.38. The Morgan fingerprint density at radius 2 is 1.71 bits per heavy atom. The lowest BCUT2D eigenvalue weighted by Gasteiger charge is -2.18. The SMILES string of the molecule is CCNCCCOc1ccc(S(=O)(=O)N(CC)CC)cc1. The van der Waals surface area contributed by atoms with Crippen LogP contribution < -0.4 is 10.1 Å². The number of rotatable bonds is 10. The molecule has 0 aliphatic heterocycles. The molecule has 0 aromatic heterocycles. The summed E-state index contributed by atoms with van der Waals surface area (Å²) in [4.78, 5) is 0.311. The summed E-state index contributed by atoms with van der Waals surface area (Å²) in [6.07, 6.45) is 0.924. The van der Waals surface area contributed by atoms with Crippen molar-refractivity contribution in [1.82, 2.24) is 9.62 Å². The highest BCUT2D eigenvalue weighted by molar-refractivity contribution is 7.89. The van der Waals surface area contributed by atoms with Crippen LogP contribution in [0.15, 0.2) is 29.2 Å². The fourth-order valence-electron chi connectivity index (χ4n) is 1.98. The molecule has 5 nitrogen and oxygen atoms in total. The van der Waals surface area contributed by atoms with Crippen molar-refractivity contribution in [2.45, 2.75) is 32.1 Å². The third-order valence-corrected chi connectivity index (χ3v) is 5.25. The summed E-state index contributed by atoms with van der Waals surface area (Å²) in [5.41, 5.74) is 0. The van der Waals surface area contributed by atoms with Gasteiger partial charge in [-0.1, -0.05) is 20.8 Å². The average Bonchev–Trinajstić information content (AvgIpc) is 2.48. The van der Waals surface area contributed by atoms with Crippen LogP contribution in [-0.4, -0.2) is 45.5 Å². The summed E-state index contributed by atoms with van der Waals surface area (Å²) in [5, 5.41) is 3.22. The molecule has 1 rings (SSSR count). The summed E-state index contributed by atoms with van der Waals surface area (Å²) >= 11 is 0. The molecule has 0 saturated carbocycles. The first-order chi connectivity index (χ1) is 10.1. The van der Waals surface area contributed by atoms with E-state index < -0.39 is 10.0 Å². The largest absolute Gasteiger partial charge is 0.494 e. The first kappa shape index (κ1) is 17.9. The Labute approximate surface area is 128 Å². The van der Waals surface area contributed by atoms with Gasteiger partial charge in [-0.25, -0.2) is 8.42 Å². The topological polar surface area (TPSA) is 58.6 Å². The molecule has 0 aliphatic carbocycles. The third kappa shape index (κ3) is 5.30. The van der Waals surface area contributed by atoms with E-state index >= 15 is 0 Å². The summed E-state index contributed by atoms with van der Waals surface area (Å²) in [6.45, 7) is 9.18. The number of ether oxygens (including phenoxy) is 1. The van der Waals surface area contributed by atoms with Crippen LogP contribution in [0.3, 0.4) is 0 Å². The number of nitrogens with zero attached hydrogens (tertiary/aromatic N) is 1. The van der Waals surface area contributed by atoms with Crippen molar-refractivity contribution in [1.29, 1.82) is 0 Å². The molecule has 0 saturated heterocycles. The van der Waals surface area contributed by atoms with Crippen molar-refractivity contribution in [2.75, 3.05) is 32.8 Å². The van der Waals surface area contributed by atoms with E-state index in [1.807, 2.05) is 13.8 Å². The minimum absolute atomic E-state index is 0.311. The van der Waals surface area contributed by atoms with Gasteiger partial charge in [0.1, 0.15) is 5.75 Å². The minimum Gasteiger partial charge on any atom is -0.494 e. The molecule has 0 fully saturated rings. The van der Waals surface area contributed by atoms with Gasteiger partial charge in [-0.05, 0) is 43.8 Å². The Bertz CT molecular complexity index is 496. The predicted molar refractivity (Wildman–Crippen MR) is 85.2 cm³/mol. The molecule has 6 heteroatoms. The van der Waals surface area contributed by atoms with Crippen molar-refractivity contribution >= 4 is 10.0 Å². The average molecular weight is 314 g/mol. The van der Waals surface area contributed by atoms with Gasteiger partial charge < -0.3 is 10.1 Å². The van der Waals surface area contributed by atoms with Gasteiger partial charge in [-0.2, -0.15) is 4.31 Å². The standard InChI is InChI=1S/C15H26N2O3S/c1-4-16-12-7-13-20-14-8-10-15(11-9-14)21(18,19)17(5-2)6-3/h8-11,16H,4-7,12-13H2,1-3H3. The molecule has 1 aromatic carbocycles. The molecule has 1 N–H and O–H groups in total. The number of benzene rings is 1. The monoisotopic (exact) mass is 314 g/mol. The molecular formula is C15H26N2O3S. The van der Waals surface area contributed by atoms with Gasteiger partial charge in [-0.15, -0.1) is 0 Å². The highest BCUT2D eigenvalue weighted by atomic mass is 32.2. The third-order valence-electron chi connectivity index (χ3n) is 3.18. The van der Waals surface area contributed by atoms with E-state index in [1.54, 1.807) is 24.3 Å². The number of hydrogen-bond acceptors (Lipinski definition) is 4. The maximum atomic E-state index is 12.3. The number of nitrogens with one attached hydrogen (secondary N) is 1. The van der Waals surface area contributed by atoms with Crippen molar-refractivity contribution < 1.29 is 13.2 Å². The molecule has 0 heterocycles. The molecule has 0 radical (unpaired) electrons. The molecular weight excluding hydrogens is 288 g/mol. The molecule has 120 valence electrons. The highest BCUT2D eigenvalue weighted by Gasteiger charge is 2.21. The van der Waals surface area contributed by atoms with Crippen LogP contribution in [0.2, 0.25) is 0 Å². The van der Waals surface area contributed by atoms with E-state index in [9.17, 15) is 8.42 Å². The maximum Gasteiger partial charge on any atom is 0.243 e. The quantitative estimate of drug-likeness (QED) is 0.672. The van der Waals surface area contributed by atoms with Crippen molar-refractivity contribution in [2.24, 2.45) is 0 Å². The van der Waals surface area contributed by atoms with E-state index in [2.05, 4.69) is 12.2 Å². The van der Waals surface area contributed by atoms with Gasteiger partial charge in [0.15, 0.2) is 0 Å². The van der Waals surface area contributed by atoms with Crippen LogP contribution in [-0.2, 0) is 10.0 Å². The molecule has 0 amide bonds. The van der Waals surface area contributed by atoms with Gasteiger partial charge in [0.2, 0.25) is 10.0 Å². The molecule has 21 heavy (non-hydrogen) atoms. The summed E-state index contributed by atoms with van der Waals surface area (Å²) < 4.78 is 31.7. The Hall–Kier alpha value is -1.11. The summed E-state index contributed by atoms with van der Waals surface area (Å²) in [6, 6.07) is 6.63. The molecule has 0 atom stereocenters. The first-order valence-corrected chi connectivity index (χ1v) is 8.94. The fraction of sp³-hybridized carbons (Fsp3) is 0.600. The Morgan fingerprint density at radius 1 is 1.10 bits per heavy atom. The zero-order valence-corrected chi connectivity index (χ0v) is 13.9. The molecule has 0 bridgehead atoms. The van der Waals surface area contributed by atoms with Gasteiger partial charge >= 0.3 is 0 Å². The van der Waals surface area contributed by atoms with Crippen LogP contribution >= 0.6 is 0 Å². The zero-order valence-electron chi connectivity index (χ0n) is 13.1. The van der Waals surface area contributed by atoms with E-state index in [4.69, 9.17) is 4.74 Å². The van der Waals surface area contributed by atoms with E-state index in [0.717, 1.165) is 19.5 Å². The second-order valence-electron chi connectivity index (χ2n) is 4.62. The Kier molecular flexibility index (Phi) is 7.71. The van der Waals surface area contributed by atoms with Gasteiger partial charge in [0.05, 0.1) is 11.5 Å². The Morgan fingerprint density at radius 3 is 2.24 bits per heavy atom. The van der Waals surface area contributed by atoms with Gasteiger partial charge in [-0.3, -0.25) is 0 Å². The summed E-state index contributed by atoms with van der Waals surface area (Å²) in [5.74, 6) is 0.699. The van der Waals surface area contributed by atoms with Crippen LogP contribution in [0.25, 0.3) is 0 Å². The normalized spacial score (nSPS) is 11.8. The molecule has 0 aliphatic rings. The van der Waals surface area contributed by atoms with Crippen molar-refractivity contribution in [3.05, 3.63) is 24.3 Å². The first-order valence-electron chi connectivity index (χ1n) is 7.50. The molecule has 0 unspecified atom stereocenters. The predicted octanol–water partition coefficient (Wildman–Crippen LogP) is 2.10. The van der Waals surface area contributed by atoms with Crippen LogP contribution in [0, 0.1) is 0 Å². The smallest absolute Gasteiger partial charge is 0.243 e. The number of sulfonamides is 1. The molecule has 1 aromatic rings.